The molecule has 0 aromatic heterocycles. The summed E-state index contributed by atoms with van der Waals surface area (Å²) in [4.78, 5) is 15.2. The van der Waals surface area contributed by atoms with E-state index in [1.165, 1.54) is 13.0 Å². The van der Waals surface area contributed by atoms with Crippen LogP contribution in [0.1, 0.15) is 23.6 Å². The van der Waals surface area contributed by atoms with Crippen molar-refractivity contribution < 1.29 is 9.18 Å². The number of benzene rings is 2. The summed E-state index contributed by atoms with van der Waals surface area (Å²) in [5.41, 5.74) is 3.45. The van der Waals surface area contributed by atoms with Gasteiger partial charge in [0.1, 0.15) is 5.82 Å². The van der Waals surface area contributed by atoms with Crippen LogP contribution in [0, 0.1) is 12.7 Å². The fourth-order valence-electron chi connectivity index (χ4n) is 2.44. The Morgan fingerprint density at radius 3 is 2.33 bits per heavy atom. The fourth-order valence-corrected chi connectivity index (χ4v) is 2.44. The second-order valence-corrected chi connectivity index (χ2v) is 6.06. The van der Waals surface area contributed by atoms with E-state index in [0.717, 1.165) is 23.2 Å². The number of aryl methyl sites for hydroxylation is 1. The van der Waals surface area contributed by atoms with Crippen LogP contribution in [-0.4, -0.2) is 25.5 Å². The maximum atomic E-state index is 13.6. The zero-order chi connectivity index (χ0) is 18.9. The molecule has 0 radical (unpaired) electrons. The maximum absolute atomic E-state index is 13.6. The van der Waals surface area contributed by atoms with Gasteiger partial charge >= 0.3 is 0 Å². The molecular weight excluding hydrogens is 458 g/mol. The van der Waals surface area contributed by atoms with Crippen molar-refractivity contribution >= 4 is 41.5 Å². The molecule has 5 nitrogen and oxygen atoms in total. The molecule has 0 fully saturated rings. The Hall–Kier alpha value is -2.16. The molecule has 0 unspecified atom stereocenters. The summed E-state index contributed by atoms with van der Waals surface area (Å²) in [6, 6.07) is 12.9. The number of nitrogens with zero attached hydrogens (tertiary/aromatic N) is 1. The van der Waals surface area contributed by atoms with Gasteiger partial charge < -0.3 is 16.0 Å². The van der Waals surface area contributed by atoms with Gasteiger partial charge in [-0.15, -0.1) is 24.0 Å². The molecular formula is C20H26FIN4O. The third kappa shape index (κ3) is 7.94. The van der Waals surface area contributed by atoms with Gasteiger partial charge in [-0.05, 0) is 48.2 Å². The summed E-state index contributed by atoms with van der Waals surface area (Å²) < 4.78 is 13.6. The predicted octanol–water partition coefficient (Wildman–Crippen LogP) is 3.62. The molecule has 0 saturated heterocycles. The summed E-state index contributed by atoms with van der Waals surface area (Å²) in [5, 5.41) is 9.16. The number of amides is 1. The van der Waals surface area contributed by atoms with Crippen molar-refractivity contribution in [2.75, 3.05) is 18.9 Å². The Morgan fingerprint density at radius 1 is 1.07 bits per heavy atom. The lowest BCUT2D eigenvalue weighted by atomic mass is 10.1. The van der Waals surface area contributed by atoms with Crippen molar-refractivity contribution in [1.29, 1.82) is 0 Å². The second-order valence-electron chi connectivity index (χ2n) is 6.06. The largest absolute Gasteiger partial charge is 0.356 e. The van der Waals surface area contributed by atoms with Gasteiger partial charge in [0.05, 0.1) is 0 Å². The first kappa shape index (κ1) is 22.9. The van der Waals surface area contributed by atoms with E-state index < -0.39 is 0 Å². The first-order valence-electron chi connectivity index (χ1n) is 8.54. The number of rotatable bonds is 6. The fraction of sp³-hybridized carbons (Fsp3) is 0.300. The van der Waals surface area contributed by atoms with Gasteiger partial charge in [0.25, 0.3) is 0 Å². The minimum atomic E-state index is -0.199. The van der Waals surface area contributed by atoms with Crippen molar-refractivity contribution in [1.82, 2.24) is 10.6 Å². The van der Waals surface area contributed by atoms with Gasteiger partial charge in [-0.2, -0.15) is 0 Å². The average molecular weight is 484 g/mol. The van der Waals surface area contributed by atoms with E-state index in [9.17, 15) is 9.18 Å². The molecule has 0 saturated carbocycles. The topological polar surface area (TPSA) is 65.5 Å². The molecule has 0 bridgehead atoms. The highest BCUT2D eigenvalue weighted by Gasteiger charge is 2.02. The van der Waals surface area contributed by atoms with Gasteiger partial charge in [0.15, 0.2) is 5.96 Å². The molecule has 0 aliphatic carbocycles. The Balaban J connectivity index is 0.00000364. The van der Waals surface area contributed by atoms with Crippen LogP contribution in [0.3, 0.4) is 0 Å². The second kappa shape index (κ2) is 11.5. The van der Waals surface area contributed by atoms with Crippen LogP contribution in [-0.2, 0) is 17.8 Å². The highest BCUT2D eigenvalue weighted by Crippen LogP contribution is 2.10. The Bertz CT molecular complexity index is 778. The van der Waals surface area contributed by atoms with Crippen LogP contribution >= 0.6 is 24.0 Å². The number of hydrogen-bond donors (Lipinski definition) is 3. The lowest BCUT2D eigenvalue weighted by Gasteiger charge is -2.12. The number of carbonyl (C=O) groups excluding carboxylic acids is 1. The molecule has 2 aromatic rings. The molecule has 0 heterocycles. The number of nitrogens with one attached hydrogen (secondary N) is 3. The van der Waals surface area contributed by atoms with E-state index >= 15 is 0 Å². The zero-order valence-corrected chi connectivity index (χ0v) is 18.1. The molecule has 2 aromatic carbocycles. The number of halogens is 2. The van der Waals surface area contributed by atoms with Crippen LogP contribution in [0.4, 0.5) is 10.1 Å². The minimum absolute atomic E-state index is 0. The summed E-state index contributed by atoms with van der Waals surface area (Å²) in [6.45, 7) is 4.45. The summed E-state index contributed by atoms with van der Waals surface area (Å²) in [6.07, 6.45) is 0.820. The smallest absolute Gasteiger partial charge is 0.221 e. The highest BCUT2D eigenvalue weighted by molar-refractivity contribution is 14.0. The van der Waals surface area contributed by atoms with Crippen molar-refractivity contribution in [3.8, 4) is 0 Å². The summed E-state index contributed by atoms with van der Waals surface area (Å²) >= 11 is 0. The Labute approximate surface area is 176 Å². The molecule has 2 rings (SSSR count). The molecule has 7 heteroatoms. The highest BCUT2D eigenvalue weighted by atomic mass is 127. The van der Waals surface area contributed by atoms with Crippen LogP contribution in [0.15, 0.2) is 47.5 Å². The third-order valence-corrected chi connectivity index (χ3v) is 3.90. The number of guanidine groups is 1. The van der Waals surface area contributed by atoms with Gasteiger partial charge in [-0.1, -0.05) is 24.3 Å². The lowest BCUT2D eigenvalue weighted by molar-refractivity contribution is -0.114. The normalized spacial score (nSPS) is 10.7. The van der Waals surface area contributed by atoms with Crippen LogP contribution in [0.25, 0.3) is 0 Å². The van der Waals surface area contributed by atoms with Gasteiger partial charge in [0.2, 0.25) is 5.91 Å². The van der Waals surface area contributed by atoms with Crippen molar-refractivity contribution in [2.45, 2.75) is 26.8 Å². The molecule has 0 atom stereocenters. The molecule has 27 heavy (non-hydrogen) atoms. The third-order valence-electron chi connectivity index (χ3n) is 3.90. The number of hydrogen-bond acceptors (Lipinski definition) is 2. The van der Waals surface area contributed by atoms with E-state index in [0.29, 0.717) is 24.6 Å². The predicted molar refractivity (Wildman–Crippen MR) is 119 cm³/mol. The SMILES string of the molecule is CN=C(NCCc1ccc(NC(C)=O)cc1)NCc1ccc(C)c(F)c1.I. The average Bonchev–Trinajstić information content (AvgIpc) is 2.61. The van der Waals surface area contributed by atoms with E-state index in [4.69, 9.17) is 0 Å². The molecule has 1 amide bonds. The number of aliphatic imine (C=N–C) groups is 1. The van der Waals surface area contributed by atoms with Crippen LogP contribution in [0.2, 0.25) is 0 Å². The Kier molecular flexibility index (Phi) is 9.77. The summed E-state index contributed by atoms with van der Waals surface area (Å²) in [7, 11) is 1.70. The zero-order valence-electron chi connectivity index (χ0n) is 15.8. The maximum Gasteiger partial charge on any atom is 0.221 e. The van der Waals surface area contributed by atoms with Crippen molar-refractivity contribution in [3.05, 3.63) is 65.0 Å². The first-order chi connectivity index (χ1) is 12.5. The van der Waals surface area contributed by atoms with Crippen molar-refractivity contribution in [2.24, 2.45) is 4.99 Å². The van der Waals surface area contributed by atoms with Crippen molar-refractivity contribution in [3.63, 3.8) is 0 Å². The van der Waals surface area contributed by atoms with Crippen LogP contribution in [0.5, 0.6) is 0 Å². The number of anilines is 1. The molecule has 3 N–H and O–H groups in total. The van der Waals surface area contributed by atoms with Gasteiger partial charge in [0, 0.05) is 32.7 Å². The Morgan fingerprint density at radius 2 is 1.74 bits per heavy atom. The number of carbonyl (C=O) groups is 1. The van der Waals surface area contributed by atoms with E-state index in [1.54, 1.807) is 20.0 Å². The van der Waals surface area contributed by atoms with Gasteiger partial charge in [-0.3, -0.25) is 9.79 Å². The first-order valence-corrected chi connectivity index (χ1v) is 8.54. The van der Waals surface area contributed by atoms with Gasteiger partial charge in [-0.25, -0.2) is 4.39 Å². The summed E-state index contributed by atoms with van der Waals surface area (Å²) in [5.74, 6) is 0.388. The minimum Gasteiger partial charge on any atom is -0.356 e. The lowest BCUT2D eigenvalue weighted by Crippen LogP contribution is -2.37. The molecule has 0 aliphatic heterocycles. The van der Waals surface area contributed by atoms with E-state index in [2.05, 4.69) is 20.9 Å². The monoisotopic (exact) mass is 484 g/mol. The molecule has 146 valence electrons. The molecule has 0 spiro atoms. The van der Waals surface area contributed by atoms with E-state index in [-0.39, 0.29) is 35.7 Å². The van der Waals surface area contributed by atoms with E-state index in [1.807, 2.05) is 30.3 Å². The van der Waals surface area contributed by atoms with Crippen LogP contribution < -0.4 is 16.0 Å². The quantitative estimate of drug-likeness (QED) is 0.334. The standard InChI is InChI=1S/C20H25FN4O.HI/c1-14-4-5-17(12-19(14)21)13-24-20(22-3)23-11-10-16-6-8-18(9-7-16)25-15(2)26;/h4-9,12H,10-11,13H2,1-3H3,(H,25,26)(H2,22,23,24);1H. The molecule has 0 aliphatic rings.